The number of hydrogen-bond acceptors (Lipinski definition) is 1. The molecule has 2 heteroatoms. The van der Waals surface area contributed by atoms with E-state index in [1.165, 1.54) is 89.9 Å². The maximum atomic E-state index is 11.2. The molecule has 0 aromatic heterocycles. The Morgan fingerprint density at radius 1 is 0.682 bits per heavy atom. The second-order valence-corrected chi connectivity index (χ2v) is 6.48. The minimum atomic E-state index is 0.0391. The Kier molecular flexibility index (Phi) is 17.8. The van der Waals surface area contributed by atoms with Crippen molar-refractivity contribution in [1.29, 1.82) is 0 Å². The van der Waals surface area contributed by atoms with Crippen LogP contribution in [0.15, 0.2) is 4.99 Å². The summed E-state index contributed by atoms with van der Waals surface area (Å²) < 4.78 is 0. The first-order valence-electron chi connectivity index (χ1n) is 9.82. The number of hydrogen-bond donors (Lipinski definition) is 0. The smallest absolute Gasteiger partial charge is 0.245 e. The van der Waals surface area contributed by atoms with Gasteiger partial charge in [-0.05, 0) is 13.3 Å². The van der Waals surface area contributed by atoms with Crippen LogP contribution in [0.2, 0.25) is 0 Å². The van der Waals surface area contributed by atoms with Gasteiger partial charge in [0.1, 0.15) is 0 Å². The summed E-state index contributed by atoms with van der Waals surface area (Å²) in [7, 11) is 0. The third-order valence-electron chi connectivity index (χ3n) is 4.27. The Labute approximate surface area is 139 Å². The van der Waals surface area contributed by atoms with Crippen molar-refractivity contribution in [3.8, 4) is 0 Å². The summed E-state index contributed by atoms with van der Waals surface area (Å²) in [5.74, 6) is 0.0391. The molecule has 0 unspecified atom stereocenters. The van der Waals surface area contributed by atoms with E-state index in [-0.39, 0.29) is 5.91 Å². The quantitative estimate of drug-likeness (QED) is 0.226. The molecular formula is C20H39NO. The van der Waals surface area contributed by atoms with Gasteiger partial charge in [-0.1, -0.05) is 96.8 Å². The number of rotatable bonds is 16. The van der Waals surface area contributed by atoms with E-state index in [0.717, 1.165) is 6.42 Å². The molecule has 0 aliphatic heterocycles. The standard InChI is InChI=1S/C20H39NO/c1-3-5-6-7-8-9-10-11-12-13-14-15-16-17-18-19-20(22)21-4-2/h4H,3,5-19H2,1-2H3. The molecule has 0 fully saturated rings. The summed E-state index contributed by atoms with van der Waals surface area (Å²) in [6, 6.07) is 0. The highest BCUT2D eigenvalue weighted by Crippen LogP contribution is 2.13. The Balaban J connectivity index is 3.04. The van der Waals surface area contributed by atoms with Crippen LogP contribution in [0, 0.1) is 0 Å². The van der Waals surface area contributed by atoms with Gasteiger partial charge in [0, 0.05) is 12.6 Å². The van der Waals surface area contributed by atoms with Gasteiger partial charge in [0.05, 0.1) is 0 Å². The van der Waals surface area contributed by atoms with Gasteiger partial charge in [-0.25, -0.2) is 4.99 Å². The molecule has 22 heavy (non-hydrogen) atoms. The van der Waals surface area contributed by atoms with Crippen molar-refractivity contribution in [1.82, 2.24) is 0 Å². The van der Waals surface area contributed by atoms with Crippen LogP contribution in [-0.4, -0.2) is 12.1 Å². The minimum Gasteiger partial charge on any atom is -0.273 e. The van der Waals surface area contributed by atoms with Crippen LogP contribution in [-0.2, 0) is 4.79 Å². The minimum absolute atomic E-state index is 0.0391. The topological polar surface area (TPSA) is 29.4 Å². The van der Waals surface area contributed by atoms with Crippen LogP contribution >= 0.6 is 0 Å². The van der Waals surface area contributed by atoms with E-state index in [1.54, 1.807) is 13.1 Å². The average molecular weight is 310 g/mol. The molecule has 0 spiro atoms. The number of amides is 1. The predicted molar refractivity (Wildman–Crippen MR) is 98.7 cm³/mol. The summed E-state index contributed by atoms with van der Waals surface area (Å²) in [5, 5.41) is 0. The number of carbonyl (C=O) groups is 1. The molecule has 0 aromatic rings. The highest BCUT2D eigenvalue weighted by Gasteiger charge is 1.98. The van der Waals surface area contributed by atoms with Gasteiger partial charge in [0.2, 0.25) is 5.91 Å². The van der Waals surface area contributed by atoms with Gasteiger partial charge < -0.3 is 0 Å². The summed E-state index contributed by atoms with van der Waals surface area (Å²) in [4.78, 5) is 14.9. The molecule has 0 saturated carbocycles. The van der Waals surface area contributed by atoms with Crippen LogP contribution in [0.5, 0.6) is 0 Å². The van der Waals surface area contributed by atoms with E-state index in [9.17, 15) is 4.79 Å². The first-order valence-corrected chi connectivity index (χ1v) is 9.82. The lowest BCUT2D eigenvalue weighted by molar-refractivity contribution is -0.117. The highest BCUT2D eigenvalue weighted by molar-refractivity contribution is 5.84. The second-order valence-electron chi connectivity index (χ2n) is 6.48. The third-order valence-corrected chi connectivity index (χ3v) is 4.27. The maximum absolute atomic E-state index is 11.2. The lowest BCUT2D eigenvalue weighted by Gasteiger charge is -2.03. The maximum Gasteiger partial charge on any atom is 0.245 e. The SMILES string of the molecule is CC=NC(=O)CCCCCCCCCCCCCCCCC. The van der Waals surface area contributed by atoms with Crippen LogP contribution in [0.4, 0.5) is 0 Å². The van der Waals surface area contributed by atoms with Gasteiger partial charge >= 0.3 is 0 Å². The molecule has 1 amide bonds. The normalized spacial score (nSPS) is 11.4. The van der Waals surface area contributed by atoms with Gasteiger partial charge in [0.25, 0.3) is 0 Å². The fourth-order valence-electron chi connectivity index (χ4n) is 2.86. The predicted octanol–water partition coefficient (Wildman–Crippen LogP) is 6.87. The van der Waals surface area contributed by atoms with E-state index >= 15 is 0 Å². The fraction of sp³-hybridized carbons (Fsp3) is 0.900. The molecule has 0 radical (unpaired) electrons. The van der Waals surface area contributed by atoms with Gasteiger partial charge in [-0.2, -0.15) is 0 Å². The molecule has 130 valence electrons. The lowest BCUT2D eigenvalue weighted by Crippen LogP contribution is -1.92. The summed E-state index contributed by atoms with van der Waals surface area (Å²) >= 11 is 0. The molecule has 0 N–H and O–H groups in total. The molecule has 0 bridgehead atoms. The van der Waals surface area contributed by atoms with Crippen LogP contribution in [0.3, 0.4) is 0 Å². The molecular weight excluding hydrogens is 270 g/mol. The largest absolute Gasteiger partial charge is 0.273 e. The Morgan fingerprint density at radius 3 is 1.41 bits per heavy atom. The molecule has 0 heterocycles. The average Bonchev–Trinajstić information content (AvgIpc) is 2.51. The fourth-order valence-corrected chi connectivity index (χ4v) is 2.86. The highest BCUT2D eigenvalue weighted by atomic mass is 16.1. The summed E-state index contributed by atoms with van der Waals surface area (Å²) in [5.41, 5.74) is 0. The first kappa shape index (κ1) is 21.3. The first-order chi connectivity index (χ1) is 10.8. The van der Waals surface area contributed by atoms with Crippen molar-refractivity contribution >= 4 is 12.1 Å². The number of nitrogens with zero attached hydrogens (tertiary/aromatic N) is 1. The molecule has 0 rings (SSSR count). The molecule has 0 aliphatic rings. The van der Waals surface area contributed by atoms with E-state index in [1.807, 2.05) is 0 Å². The van der Waals surface area contributed by atoms with Gasteiger partial charge in [-0.15, -0.1) is 0 Å². The number of aliphatic imine (C=N–C) groups is 1. The Hall–Kier alpha value is -0.660. The zero-order valence-corrected chi connectivity index (χ0v) is 15.2. The van der Waals surface area contributed by atoms with Crippen molar-refractivity contribution in [3.05, 3.63) is 0 Å². The Bertz CT molecular complexity index is 260. The van der Waals surface area contributed by atoms with Crippen molar-refractivity contribution in [2.24, 2.45) is 4.99 Å². The lowest BCUT2D eigenvalue weighted by atomic mass is 10.0. The van der Waals surface area contributed by atoms with Crippen molar-refractivity contribution < 1.29 is 4.79 Å². The van der Waals surface area contributed by atoms with Crippen LogP contribution in [0.25, 0.3) is 0 Å². The number of unbranched alkanes of at least 4 members (excludes halogenated alkanes) is 14. The molecule has 0 atom stereocenters. The molecule has 0 saturated heterocycles. The monoisotopic (exact) mass is 309 g/mol. The zero-order chi connectivity index (χ0) is 16.3. The van der Waals surface area contributed by atoms with E-state index in [4.69, 9.17) is 0 Å². The van der Waals surface area contributed by atoms with E-state index in [2.05, 4.69) is 11.9 Å². The van der Waals surface area contributed by atoms with Gasteiger partial charge in [0.15, 0.2) is 0 Å². The van der Waals surface area contributed by atoms with Crippen molar-refractivity contribution in [2.75, 3.05) is 0 Å². The van der Waals surface area contributed by atoms with Crippen LogP contribution in [0.1, 0.15) is 117 Å². The second kappa shape index (κ2) is 18.4. The molecule has 0 aliphatic carbocycles. The van der Waals surface area contributed by atoms with Crippen LogP contribution < -0.4 is 0 Å². The number of carbonyl (C=O) groups excluding carboxylic acids is 1. The zero-order valence-electron chi connectivity index (χ0n) is 15.2. The summed E-state index contributed by atoms with van der Waals surface area (Å²) in [6.07, 6.45) is 22.6. The molecule has 2 nitrogen and oxygen atoms in total. The molecule has 0 aromatic carbocycles. The third kappa shape index (κ3) is 17.4. The van der Waals surface area contributed by atoms with Crippen molar-refractivity contribution in [2.45, 2.75) is 117 Å². The van der Waals surface area contributed by atoms with E-state index in [0.29, 0.717) is 6.42 Å². The Morgan fingerprint density at radius 2 is 1.05 bits per heavy atom. The van der Waals surface area contributed by atoms with E-state index < -0.39 is 0 Å². The summed E-state index contributed by atoms with van der Waals surface area (Å²) in [6.45, 7) is 4.07. The van der Waals surface area contributed by atoms with Gasteiger partial charge in [-0.3, -0.25) is 4.79 Å². The van der Waals surface area contributed by atoms with Crippen molar-refractivity contribution in [3.63, 3.8) is 0 Å².